The van der Waals surface area contributed by atoms with Gasteiger partial charge in [0.25, 0.3) is 0 Å². The van der Waals surface area contributed by atoms with Crippen LogP contribution in [0.3, 0.4) is 0 Å². The van der Waals surface area contributed by atoms with Crippen molar-refractivity contribution in [1.82, 2.24) is 0 Å². The van der Waals surface area contributed by atoms with Crippen molar-refractivity contribution in [2.45, 2.75) is 0 Å². The highest BCUT2D eigenvalue weighted by atomic mass is 16.5. The molecule has 0 spiro atoms. The smallest absolute Gasteiger partial charge is 0.160 e. The van der Waals surface area contributed by atoms with Crippen LogP contribution in [-0.2, 0) is 0 Å². The van der Waals surface area contributed by atoms with Gasteiger partial charge < -0.3 is 9.84 Å². The van der Waals surface area contributed by atoms with Crippen LogP contribution in [0.2, 0.25) is 0 Å². The van der Waals surface area contributed by atoms with E-state index in [1.54, 1.807) is 12.1 Å². The van der Waals surface area contributed by atoms with Gasteiger partial charge in [-0.1, -0.05) is 30.3 Å². The van der Waals surface area contributed by atoms with Gasteiger partial charge in [-0.25, -0.2) is 0 Å². The Morgan fingerprint density at radius 3 is 2.40 bits per heavy atom. The van der Waals surface area contributed by atoms with Crippen molar-refractivity contribution >= 4 is 0 Å². The number of hydrogen-bond donors (Lipinski definition) is 1. The fraction of sp³-hybridized carbons (Fsp3) is 0.0769. The van der Waals surface area contributed by atoms with Gasteiger partial charge >= 0.3 is 0 Å². The van der Waals surface area contributed by atoms with Crippen molar-refractivity contribution in [2.24, 2.45) is 0 Å². The number of phenols is 1. The lowest BCUT2D eigenvalue weighted by Gasteiger charge is -2.06. The molecule has 2 rings (SSSR count). The average molecular weight is 199 g/mol. The predicted octanol–water partition coefficient (Wildman–Crippen LogP) is 2.87. The third-order valence-corrected chi connectivity index (χ3v) is 2.23. The number of phenolic OH excluding ortho intramolecular Hbond substituents is 1. The normalized spacial score (nSPS) is 9.93. The summed E-state index contributed by atoms with van der Waals surface area (Å²) in [5.41, 5.74) is 2.01. The summed E-state index contributed by atoms with van der Waals surface area (Å²) in [5.74, 6) is 0.643. The Morgan fingerprint density at radius 1 is 1.07 bits per heavy atom. The molecule has 0 atom stereocenters. The summed E-state index contributed by atoms with van der Waals surface area (Å²) < 4.78 is 4.98. The Morgan fingerprint density at radius 2 is 1.80 bits per heavy atom. The minimum Gasteiger partial charge on any atom is -0.504 e. The molecular weight excluding hydrogens is 188 g/mol. The van der Waals surface area contributed by atoms with E-state index in [-0.39, 0.29) is 5.75 Å². The Bertz CT molecular complexity index is 449. The molecule has 2 aromatic carbocycles. The first-order valence-electron chi connectivity index (χ1n) is 4.65. The zero-order chi connectivity index (χ0) is 10.7. The third-order valence-electron chi connectivity index (χ3n) is 2.23. The first kappa shape index (κ1) is 9.59. The second-order valence-electron chi connectivity index (χ2n) is 3.18. The largest absolute Gasteiger partial charge is 0.504 e. The first-order chi connectivity index (χ1) is 7.31. The van der Waals surface area contributed by atoms with Crippen molar-refractivity contribution in [3.05, 3.63) is 48.5 Å². The number of benzene rings is 2. The maximum Gasteiger partial charge on any atom is 0.160 e. The number of aromatic hydroxyl groups is 1. The van der Waals surface area contributed by atoms with E-state index in [0.29, 0.717) is 5.75 Å². The van der Waals surface area contributed by atoms with Crippen LogP contribution in [0.4, 0.5) is 0 Å². The summed E-state index contributed by atoms with van der Waals surface area (Å²) in [6.07, 6.45) is 0. The lowest BCUT2D eigenvalue weighted by Crippen LogP contribution is -1.84. The highest BCUT2D eigenvalue weighted by Gasteiger charge is 2.03. The van der Waals surface area contributed by atoms with Crippen molar-refractivity contribution in [3.63, 3.8) is 0 Å². The van der Waals surface area contributed by atoms with Crippen LogP contribution < -0.4 is 4.74 Å². The van der Waals surface area contributed by atoms with E-state index in [1.165, 1.54) is 7.11 Å². The summed E-state index contributed by atoms with van der Waals surface area (Å²) in [7, 11) is 1.53. The van der Waals surface area contributed by atoms with E-state index in [1.807, 2.05) is 30.3 Å². The third kappa shape index (κ3) is 1.94. The lowest BCUT2D eigenvalue weighted by atomic mass is 10.1. The molecule has 2 aromatic rings. The molecule has 0 aliphatic rings. The van der Waals surface area contributed by atoms with E-state index in [9.17, 15) is 5.11 Å². The quantitative estimate of drug-likeness (QED) is 0.805. The van der Waals surface area contributed by atoms with Crippen LogP contribution in [-0.4, -0.2) is 12.2 Å². The second-order valence-corrected chi connectivity index (χ2v) is 3.18. The molecule has 15 heavy (non-hydrogen) atoms. The van der Waals surface area contributed by atoms with E-state index in [4.69, 9.17) is 4.74 Å². The molecule has 75 valence electrons. The van der Waals surface area contributed by atoms with Gasteiger partial charge in [0.05, 0.1) is 7.11 Å². The minimum absolute atomic E-state index is 0.155. The van der Waals surface area contributed by atoms with E-state index in [2.05, 4.69) is 6.07 Å². The molecule has 1 N–H and O–H groups in total. The van der Waals surface area contributed by atoms with Gasteiger partial charge in [-0.2, -0.15) is 0 Å². The molecule has 0 saturated heterocycles. The summed E-state index contributed by atoms with van der Waals surface area (Å²) in [6.45, 7) is 0. The Hall–Kier alpha value is -1.96. The molecule has 0 saturated carbocycles. The summed E-state index contributed by atoms with van der Waals surface area (Å²) in [5, 5.41) is 9.62. The zero-order valence-corrected chi connectivity index (χ0v) is 8.40. The fourth-order valence-corrected chi connectivity index (χ4v) is 1.45. The van der Waals surface area contributed by atoms with Crippen LogP contribution >= 0.6 is 0 Å². The number of ether oxygens (including phenoxy) is 1. The fourth-order valence-electron chi connectivity index (χ4n) is 1.45. The lowest BCUT2D eigenvalue weighted by molar-refractivity contribution is 0.373. The van der Waals surface area contributed by atoms with Gasteiger partial charge in [0.15, 0.2) is 11.5 Å². The topological polar surface area (TPSA) is 29.5 Å². The van der Waals surface area contributed by atoms with Crippen molar-refractivity contribution < 1.29 is 9.84 Å². The predicted molar refractivity (Wildman–Crippen MR) is 58.9 cm³/mol. The zero-order valence-electron chi connectivity index (χ0n) is 8.40. The van der Waals surface area contributed by atoms with Crippen molar-refractivity contribution in [3.8, 4) is 22.6 Å². The minimum atomic E-state index is 0.155. The Balaban J connectivity index is 2.43. The highest BCUT2D eigenvalue weighted by molar-refractivity contribution is 5.66. The summed E-state index contributed by atoms with van der Waals surface area (Å²) in [4.78, 5) is 0. The molecule has 0 aromatic heterocycles. The number of hydrogen-bond acceptors (Lipinski definition) is 2. The average Bonchev–Trinajstić information content (AvgIpc) is 2.30. The first-order valence-corrected chi connectivity index (χ1v) is 4.65. The van der Waals surface area contributed by atoms with Gasteiger partial charge in [0, 0.05) is 0 Å². The molecule has 0 unspecified atom stereocenters. The summed E-state index contributed by atoms with van der Waals surface area (Å²) >= 11 is 0. The van der Waals surface area contributed by atoms with Gasteiger partial charge in [-0.15, -0.1) is 0 Å². The number of rotatable bonds is 2. The van der Waals surface area contributed by atoms with Crippen molar-refractivity contribution in [2.75, 3.05) is 7.11 Å². The molecular formula is C13H11O2. The molecule has 0 fully saturated rings. The molecule has 2 heteroatoms. The molecule has 0 bridgehead atoms. The Labute approximate surface area is 88.8 Å². The summed E-state index contributed by atoms with van der Waals surface area (Å²) in [6, 6.07) is 15.9. The van der Waals surface area contributed by atoms with Crippen LogP contribution in [0.5, 0.6) is 11.5 Å². The van der Waals surface area contributed by atoms with E-state index in [0.717, 1.165) is 11.1 Å². The molecule has 0 amide bonds. The van der Waals surface area contributed by atoms with E-state index < -0.39 is 0 Å². The van der Waals surface area contributed by atoms with Gasteiger partial charge in [-0.05, 0) is 29.3 Å². The monoisotopic (exact) mass is 199 g/mol. The van der Waals surface area contributed by atoms with Crippen LogP contribution in [0.1, 0.15) is 0 Å². The maximum absolute atomic E-state index is 9.62. The molecule has 2 nitrogen and oxygen atoms in total. The maximum atomic E-state index is 9.62. The van der Waals surface area contributed by atoms with Crippen LogP contribution in [0, 0.1) is 6.07 Å². The van der Waals surface area contributed by atoms with Gasteiger partial charge in [0.1, 0.15) is 0 Å². The van der Waals surface area contributed by atoms with Crippen LogP contribution in [0.25, 0.3) is 11.1 Å². The highest BCUT2D eigenvalue weighted by Crippen LogP contribution is 2.30. The molecule has 1 radical (unpaired) electrons. The van der Waals surface area contributed by atoms with E-state index >= 15 is 0 Å². The van der Waals surface area contributed by atoms with Gasteiger partial charge in [0.2, 0.25) is 0 Å². The Kier molecular flexibility index (Phi) is 2.59. The standard InChI is InChI=1S/C13H11O2/c1-15-13-8-7-11(9-12(13)14)10-5-3-2-4-6-10/h3-9,14H,1H3. The molecule has 0 aliphatic carbocycles. The van der Waals surface area contributed by atoms with Crippen molar-refractivity contribution in [1.29, 1.82) is 0 Å². The molecule has 0 heterocycles. The second kappa shape index (κ2) is 4.05. The van der Waals surface area contributed by atoms with Crippen LogP contribution in [0.15, 0.2) is 42.5 Å². The molecule has 0 aliphatic heterocycles. The van der Waals surface area contributed by atoms with Gasteiger partial charge in [-0.3, -0.25) is 0 Å². The number of methoxy groups -OCH3 is 1. The SMILES string of the molecule is COc1ccc(-c2cc[c]cc2)cc1O.